The van der Waals surface area contributed by atoms with Gasteiger partial charge in [0.15, 0.2) is 15.3 Å². The second kappa shape index (κ2) is 16.1. The van der Waals surface area contributed by atoms with Gasteiger partial charge in [-0.1, -0.05) is 76.5 Å². The van der Waals surface area contributed by atoms with Crippen LogP contribution in [0.4, 0.5) is 5.69 Å². The fraction of sp³-hybridized carbons (Fsp3) is 0.121. The molecule has 2 aromatic heterocycles. The number of carbonyl (C=O) groups is 2. The van der Waals surface area contributed by atoms with Crippen molar-refractivity contribution in [1.82, 2.24) is 25.1 Å². The summed E-state index contributed by atoms with van der Waals surface area (Å²) in [7, 11) is 0. The number of rotatable bonds is 13. The van der Waals surface area contributed by atoms with E-state index in [4.69, 9.17) is 39.5 Å². The molecule has 0 spiro atoms. The molecule has 0 aliphatic heterocycles. The highest BCUT2D eigenvalue weighted by molar-refractivity contribution is 8.01. The van der Waals surface area contributed by atoms with Gasteiger partial charge in [0.2, 0.25) is 11.8 Å². The Labute approximate surface area is 303 Å². The minimum Gasteiger partial charge on any atom is -0.492 e. The third-order valence-corrected chi connectivity index (χ3v) is 10.5. The van der Waals surface area contributed by atoms with Crippen molar-refractivity contribution in [3.8, 4) is 22.8 Å². The number of ether oxygens (including phenoxy) is 1. The monoisotopic (exact) mass is 754 g/mol. The zero-order valence-corrected chi connectivity index (χ0v) is 29.6. The predicted octanol–water partition coefficient (Wildman–Crippen LogP) is 8.52. The van der Waals surface area contributed by atoms with Gasteiger partial charge >= 0.3 is 0 Å². The molecule has 0 saturated heterocycles. The molecule has 0 fully saturated rings. The Morgan fingerprint density at radius 2 is 1.60 bits per heavy atom. The summed E-state index contributed by atoms with van der Waals surface area (Å²) in [6.07, 6.45) is 0. The summed E-state index contributed by atoms with van der Waals surface area (Å²) in [6, 6.07) is 27.4. The normalized spacial score (nSPS) is 11.1. The van der Waals surface area contributed by atoms with Crippen molar-refractivity contribution < 1.29 is 14.3 Å². The number of anilines is 1. The number of hydrogen-bond acceptors (Lipinski definition) is 9. The first-order valence-corrected chi connectivity index (χ1v) is 18.3. The lowest BCUT2D eigenvalue weighted by molar-refractivity contribution is -0.118. The minimum absolute atomic E-state index is 0.0982. The number of thioether (sulfide) groups is 2. The lowest BCUT2D eigenvalue weighted by atomic mass is 10.2. The lowest BCUT2D eigenvalue weighted by Gasteiger charge is -2.11. The largest absolute Gasteiger partial charge is 0.492 e. The number of nitrogens with one attached hydrogen (secondary N) is 2. The van der Waals surface area contributed by atoms with Gasteiger partial charge in [-0.25, -0.2) is 4.98 Å². The molecule has 2 amide bonds. The molecule has 2 heterocycles. The molecule has 0 aliphatic rings. The number of benzene rings is 4. The van der Waals surface area contributed by atoms with Crippen LogP contribution in [0, 0.1) is 0 Å². The van der Waals surface area contributed by atoms with Crippen LogP contribution in [0.1, 0.15) is 0 Å². The van der Waals surface area contributed by atoms with E-state index < -0.39 is 0 Å². The standard InChI is InChI=1S/C33H25Cl3N6O3S3/c34-20-6-10-24(11-7-20)45-15-14-37-29(43)18-47-33-39-27-13-9-22(17-28(27)48-33)38-30(44)19-46-32-41-40-31(25-12-8-21(35)16-26(25)36)42(32)23-4-2-1-3-5-23/h1-13,16-17H,14-15,18-19H2,(H,37,43)(H,38,44). The average Bonchev–Trinajstić information content (AvgIpc) is 3.70. The third-order valence-electron chi connectivity index (χ3n) is 6.64. The molecule has 6 rings (SSSR count). The number of nitrogens with zero attached hydrogens (tertiary/aromatic N) is 4. The van der Waals surface area contributed by atoms with Crippen LogP contribution >= 0.6 is 69.7 Å². The van der Waals surface area contributed by atoms with Gasteiger partial charge in [-0.15, -0.1) is 21.5 Å². The highest BCUT2D eigenvalue weighted by atomic mass is 35.5. The second-order valence-corrected chi connectivity index (χ2v) is 14.5. The molecular formula is C33H25Cl3N6O3S3. The van der Waals surface area contributed by atoms with Crippen LogP contribution in [0.5, 0.6) is 5.75 Å². The van der Waals surface area contributed by atoms with Crippen molar-refractivity contribution in [2.75, 3.05) is 30.0 Å². The Morgan fingerprint density at radius 3 is 2.40 bits per heavy atom. The first-order valence-electron chi connectivity index (χ1n) is 14.4. The topological polar surface area (TPSA) is 111 Å². The summed E-state index contributed by atoms with van der Waals surface area (Å²) in [6.45, 7) is 0.727. The maximum absolute atomic E-state index is 13.0. The smallest absolute Gasteiger partial charge is 0.234 e. The van der Waals surface area contributed by atoms with Crippen LogP contribution in [0.2, 0.25) is 15.1 Å². The molecule has 0 bridgehead atoms. The summed E-state index contributed by atoms with van der Waals surface area (Å²) in [5.41, 5.74) is 2.93. The predicted molar refractivity (Wildman–Crippen MR) is 196 cm³/mol. The SMILES string of the molecule is O=C(CSc1nc2ccc(NC(=O)CSc3nnc(-c4ccc(Cl)cc4Cl)n3-c3ccccc3)cc2s1)NCCOc1ccc(Cl)cc1. The van der Waals surface area contributed by atoms with E-state index in [9.17, 15) is 9.59 Å². The van der Waals surface area contributed by atoms with Crippen LogP contribution in [-0.2, 0) is 9.59 Å². The maximum atomic E-state index is 13.0. The Morgan fingerprint density at radius 1 is 0.833 bits per heavy atom. The number of hydrogen-bond donors (Lipinski definition) is 2. The first kappa shape index (κ1) is 34.1. The summed E-state index contributed by atoms with van der Waals surface area (Å²) >= 11 is 22.6. The Balaban J connectivity index is 1.03. The second-order valence-electron chi connectivity index (χ2n) is 10.0. The van der Waals surface area contributed by atoms with Gasteiger partial charge in [-0.2, -0.15) is 0 Å². The number of para-hydroxylation sites is 1. The molecule has 6 aromatic rings. The third kappa shape index (κ3) is 8.81. The van der Waals surface area contributed by atoms with Gasteiger partial charge in [0.05, 0.1) is 33.3 Å². The van der Waals surface area contributed by atoms with E-state index in [-0.39, 0.29) is 23.3 Å². The molecule has 0 saturated carbocycles. The molecule has 48 heavy (non-hydrogen) atoms. The molecule has 0 unspecified atom stereocenters. The van der Waals surface area contributed by atoms with Gasteiger partial charge in [0.25, 0.3) is 0 Å². The Hall–Kier alpha value is -3.78. The lowest BCUT2D eigenvalue weighted by Crippen LogP contribution is -2.29. The molecule has 2 N–H and O–H groups in total. The quantitative estimate of drug-likeness (QED) is 0.0892. The van der Waals surface area contributed by atoms with Crippen molar-refractivity contribution in [2.24, 2.45) is 0 Å². The maximum Gasteiger partial charge on any atom is 0.234 e. The van der Waals surface area contributed by atoms with Crippen LogP contribution < -0.4 is 15.4 Å². The summed E-state index contributed by atoms with van der Waals surface area (Å²) < 4.78 is 9.12. The van der Waals surface area contributed by atoms with E-state index in [0.717, 1.165) is 20.2 Å². The highest BCUT2D eigenvalue weighted by Gasteiger charge is 2.19. The molecule has 0 aliphatic carbocycles. The van der Waals surface area contributed by atoms with E-state index in [1.54, 1.807) is 48.5 Å². The van der Waals surface area contributed by atoms with Crippen molar-refractivity contribution in [3.63, 3.8) is 0 Å². The van der Waals surface area contributed by atoms with Gasteiger partial charge in [-0.3, -0.25) is 14.2 Å². The van der Waals surface area contributed by atoms with Crippen molar-refractivity contribution in [3.05, 3.63) is 106 Å². The Kier molecular flexibility index (Phi) is 11.4. The number of halogens is 3. The molecule has 0 radical (unpaired) electrons. The molecule has 9 nitrogen and oxygen atoms in total. The molecule has 15 heteroatoms. The number of thiazole rings is 1. The van der Waals surface area contributed by atoms with Gasteiger partial charge in [-0.05, 0) is 72.8 Å². The summed E-state index contributed by atoms with van der Waals surface area (Å²) in [5, 5.41) is 16.7. The average molecular weight is 756 g/mol. The summed E-state index contributed by atoms with van der Waals surface area (Å²) in [5.74, 6) is 1.23. The van der Waals surface area contributed by atoms with E-state index in [1.807, 2.05) is 47.0 Å². The van der Waals surface area contributed by atoms with E-state index >= 15 is 0 Å². The van der Waals surface area contributed by atoms with Crippen molar-refractivity contribution >= 4 is 97.4 Å². The zero-order valence-electron chi connectivity index (χ0n) is 24.9. The fourth-order valence-electron chi connectivity index (χ4n) is 4.46. The minimum atomic E-state index is -0.205. The zero-order chi connectivity index (χ0) is 33.5. The summed E-state index contributed by atoms with van der Waals surface area (Å²) in [4.78, 5) is 30.0. The van der Waals surface area contributed by atoms with E-state index in [1.165, 1.54) is 34.9 Å². The number of amides is 2. The van der Waals surface area contributed by atoms with Gasteiger partial charge in [0, 0.05) is 27.0 Å². The molecule has 4 aromatic carbocycles. The molecular weight excluding hydrogens is 731 g/mol. The highest BCUT2D eigenvalue weighted by Crippen LogP contribution is 2.34. The van der Waals surface area contributed by atoms with E-state index in [0.29, 0.717) is 56.2 Å². The van der Waals surface area contributed by atoms with Crippen molar-refractivity contribution in [1.29, 1.82) is 0 Å². The van der Waals surface area contributed by atoms with Crippen molar-refractivity contribution in [2.45, 2.75) is 9.50 Å². The number of carbonyl (C=O) groups excluding carboxylic acids is 2. The van der Waals surface area contributed by atoms with Gasteiger partial charge < -0.3 is 15.4 Å². The number of fused-ring (bicyclic) bond motifs is 1. The molecule has 244 valence electrons. The van der Waals surface area contributed by atoms with Crippen LogP contribution in [0.3, 0.4) is 0 Å². The van der Waals surface area contributed by atoms with Crippen LogP contribution in [0.25, 0.3) is 27.3 Å². The van der Waals surface area contributed by atoms with Crippen LogP contribution in [0.15, 0.2) is 100 Å². The molecule has 0 atom stereocenters. The van der Waals surface area contributed by atoms with Gasteiger partial charge in [0.1, 0.15) is 12.4 Å². The number of aromatic nitrogens is 4. The van der Waals surface area contributed by atoms with E-state index in [2.05, 4.69) is 25.8 Å². The van der Waals surface area contributed by atoms with Crippen LogP contribution in [-0.4, -0.2) is 56.2 Å². The fourth-order valence-corrected chi connectivity index (χ4v) is 7.77. The first-order chi connectivity index (χ1) is 23.3. The Bertz CT molecular complexity index is 2060.